The van der Waals surface area contributed by atoms with Gasteiger partial charge in [-0.05, 0) is 23.8 Å². The Bertz CT molecular complexity index is 771. The van der Waals surface area contributed by atoms with Crippen LogP contribution < -0.4 is 0 Å². The Morgan fingerprint density at radius 1 is 1.05 bits per heavy atom. The van der Waals surface area contributed by atoms with E-state index in [2.05, 4.69) is 34.5 Å². The minimum atomic E-state index is 0.483. The number of nitrogens with zero attached hydrogens (tertiary/aromatic N) is 2. The van der Waals surface area contributed by atoms with E-state index in [1.54, 1.807) is 6.07 Å². The van der Waals surface area contributed by atoms with Crippen molar-refractivity contribution in [3.63, 3.8) is 0 Å². The van der Waals surface area contributed by atoms with Crippen LogP contribution in [-0.4, -0.2) is 16.0 Å². The molecule has 0 aliphatic rings. The largest absolute Gasteiger partial charge is 0.411 e. The molecule has 3 aromatic rings. The lowest BCUT2D eigenvalue weighted by atomic mass is 10.2. The molecule has 0 unspecified atom stereocenters. The average Bonchev–Trinajstić information content (AvgIpc) is 3.02. The summed E-state index contributed by atoms with van der Waals surface area (Å²) in [6, 6.07) is 17.5. The van der Waals surface area contributed by atoms with Crippen LogP contribution in [0.2, 0.25) is 5.02 Å². The zero-order valence-electron chi connectivity index (χ0n) is 11.6. The molecule has 22 heavy (non-hydrogen) atoms. The highest BCUT2D eigenvalue weighted by molar-refractivity contribution is 7.99. The van der Waals surface area contributed by atoms with Gasteiger partial charge >= 0.3 is 0 Å². The molecule has 2 aromatic carbocycles. The van der Waals surface area contributed by atoms with Gasteiger partial charge in [-0.1, -0.05) is 71.9 Å². The molecular weight excluding hydrogens is 316 g/mol. The molecule has 1 aromatic heterocycles. The molecule has 0 atom stereocenters. The first-order valence-electron chi connectivity index (χ1n) is 6.75. The predicted molar refractivity (Wildman–Crippen MR) is 90.9 cm³/mol. The molecule has 3 rings (SSSR count). The molecule has 0 saturated heterocycles. The van der Waals surface area contributed by atoms with Gasteiger partial charge < -0.3 is 4.42 Å². The Kier molecular flexibility index (Phi) is 4.93. The summed E-state index contributed by atoms with van der Waals surface area (Å²) in [5, 5.41) is 9.28. The summed E-state index contributed by atoms with van der Waals surface area (Å²) in [5.41, 5.74) is 2.00. The number of rotatable bonds is 5. The molecule has 0 saturated carbocycles. The molecule has 0 aliphatic heterocycles. The van der Waals surface area contributed by atoms with Crippen LogP contribution in [0.25, 0.3) is 17.5 Å². The summed E-state index contributed by atoms with van der Waals surface area (Å²) in [4.78, 5) is 0. The second-order valence-electron chi connectivity index (χ2n) is 4.51. The van der Waals surface area contributed by atoms with Crippen LogP contribution in [0, 0.1) is 0 Å². The number of thioether (sulfide) groups is 1. The van der Waals surface area contributed by atoms with Crippen LogP contribution in [-0.2, 0) is 0 Å². The van der Waals surface area contributed by atoms with Crippen molar-refractivity contribution >= 4 is 29.4 Å². The highest BCUT2D eigenvalue weighted by Gasteiger charge is 2.08. The third kappa shape index (κ3) is 4.00. The van der Waals surface area contributed by atoms with Gasteiger partial charge in [0.15, 0.2) is 0 Å². The van der Waals surface area contributed by atoms with Gasteiger partial charge in [0.2, 0.25) is 5.89 Å². The first kappa shape index (κ1) is 14.9. The van der Waals surface area contributed by atoms with Crippen molar-refractivity contribution in [1.82, 2.24) is 10.2 Å². The summed E-state index contributed by atoms with van der Waals surface area (Å²) >= 11 is 7.46. The molecule has 0 amide bonds. The van der Waals surface area contributed by atoms with Gasteiger partial charge in [0, 0.05) is 16.3 Å². The van der Waals surface area contributed by atoms with E-state index in [1.807, 2.05) is 36.4 Å². The van der Waals surface area contributed by atoms with Gasteiger partial charge in [-0.25, -0.2) is 0 Å². The fourth-order valence-corrected chi connectivity index (χ4v) is 2.64. The van der Waals surface area contributed by atoms with Gasteiger partial charge in [-0.15, -0.1) is 10.2 Å². The maximum atomic E-state index is 5.96. The van der Waals surface area contributed by atoms with Gasteiger partial charge in [-0.3, -0.25) is 0 Å². The van der Waals surface area contributed by atoms with Gasteiger partial charge in [0.25, 0.3) is 5.22 Å². The van der Waals surface area contributed by atoms with E-state index in [0.717, 1.165) is 11.3 Å². The highest BCUT2D eigenvalue weighted by atomic mass is 35.5. The molecule has 0 N–H and O–H groups in total. The van der Waals surface area contributed by atoms with Crippen LogP contribution in [0.3, 0.4) is 0 Å². The van der Waals surface area contributed by atoms with Crippen LogP contribution in [0.4, 0.5) is 0 Å². The zero-order valence-corrected chi connectivity index (χ0v) is 13.2. The number of aromatic nitrogens is 2. The molecule has 110 valence electrons. The highest BCUT2D eigenvalue weighted by Crippen LogP contribution is 2.25. The molecule has 0 aliphatic carbocycles. The normalized spacial score (nSPS) is 11.1. The maximum Gasteiger partial charge on any atom is 0.277 e. The third-order valence-corrected chi connectivity index (χ3v) is 3.90. The van der Waals surface area contributed by atoms with Gasteiger partial charge in [0.1, 0.15) is 0 Å². The van der Waals surface area contributed by atoms with Crippen molar-refractivity contribution in [3.05, 3.63) is 71.3 Å². The predicted octanol–water partition coefficient (Wildman–Crippen LogP) is 5.20. The number of hydrogen-bond acceptors (Lipinski definition) is 4. The molecule has 0 spiro atoms. The number of benzene rings is 2. The smallest absolute Gasteiger partial charge is 0.277 e. The monoisotopic (exact) mass is 328 g/mol. The van der Waals surface area contributed by atoms with E-state index in [0.29, 0.717) is 16.1 Å². The lowest BCUT2D eigenvalue weighted by molar-refractivity contribution is 0.466. The SMILES string of the molecule is Clc1cccc(-c2nnc(SC/C=C/c3ccccc3)o2)c1. The third-order valence-electron chi connectivity index (χ3n) is 2.89. The molecule has 5 heteroatoms. The Balaban J connectivity index is 1.59. The first-order valence-corrected chi connectivity index (χ1v) is 8.11. The van der Waals surface area contributed by atoms with Crippen molar-refractivity contribution in [2.75, 3.05) is 5.75 Å². The molecule has 0 bridgehead atoms. The Morgan fingerprint density at radius 3 is 2.73 bits per heavy atom. The van der Waals surface area contributed by atoms with E-state index in [1.165, 1.54) is 17.3 Å². The Labute approximate surface area is 138 Å². The zero-order chi connectivity index (χ0) is 15.2. The molecule has 1 heterocycles. The maximum absolute atomic E-state index is 5.96. The van der Waals surface area contributed by atoms with E-state index >= 15 is 0 Å². The second-order valence-corrected chi connectivity index (χ2v) is 5.92. The molecular formula is C17H13ClN2OS. The molecule has 3 nitrogen and oxygen atoms in total. The fourth-order valence-electron chi connectivity index (χ4n) is 1.87. The fraction of sp³-hybridized carbons (Fsp3) is 0.0588. The summed E-state index contributed by atoms with van der Waals surface area (Å²) in [7, 11) is 0. The summed E-state index contributed by atoms with van der Waals surface area (Å²) in [6.45, 7) is 0. The van der Waals surface area contributed by atoms with Crippen LogP contribution in [0.15, 0.2) is 70.3 Å². The Hall–Kier alpha value is -2.04. The summed E-state index contributed by atoms with van der Waals surface area (Å²) in [5.74, 6) is 1.25. The minimum absolute atomic E-state index is 0.483. The van der Waals surface area contributed by atoms with Crippen LogP contribution in [0.5, 0.6) is 0 Å². The van der Waals surface area contributed by atoms with Gasteiger partial charge in [-0.2, -0.15) is 0 Å². The van der Waals surface area contributed by atoms with Crippen molar-refractivity contribution in [1.29, 1.82) is 0 Å². The number of halogens is 1. The quantitative estimate of drug-likeness (QED) is 0.604. The van der Waals surface area contributed by atoms with Gasteiger partial charge in [0.05, 0.1) is 0 Å². The number of hydrogen-bond donors (Lipinski definition) is 0. The lowest BCUT2D eigenvalue weighted by Crippen LogP contribution is -1.76. The van der Waals surface area contributed by atoms with E-state index in [-0.39, 0.29) is 0 Å². The molecule has 0 fully saturated rings. The summed E-state index contributed by atoms with van der Waals surface area (Å²) in [6.07, 6.45) is 4.14. The average molecular weight is 329 g/mol. The van der Waals surface area contributed by atoms with E-state index in [9.17, 15) is 0 Å². The lowest BCUT2D eigenvalue weighted by Gasteiger charge is -1.94. The molecule has 0 radical (unpaired) electrons. The Morgan fingerprint density at radius 2 is 1.91 bits per heavy atom. The van der Waals surface area contributed by atoms with E-state index in [4.69, 9.17) is 16.0 Å². The summed E-state index contributed by atoms with van der Waals surface area (Å²) < 4.78 is 5.63. The van der Waals surface area contributed by atoms with Crippen molar-refractivity contribution in [2.45, 2.75) is 5.22 Å². The first-order chi connectivity index (χ1) is 10.8. The van der Waals surface area contributed by atoms with E-state index < -0.39 is 0 Å². The van der Waals surface area contributed by atoms with Crippen molar-refractivity contribution < 1.29 is 4.42 Å². The topological polar surface area (TPSA) is 38.9 Å². The van der Waals surface area contributed by atoms with Crippen LogP contribution in [0.1, 0.15) is 5.56 Å². The van der Waals surface area contributed by atoms with Crippen molar-refractivity contribution in [2.24, 2.45) is 0 Å². The minimum Gasteiger partial charge on any atom is -0.411 e. The second kappa shape index (κ2) is 7.29. The standard InChI is InChI=1S/C17H13ClN2OS/c18-15-10-4-9-14(12-15)16-19-20-17(21-16)22-11-5-8-13-6-2-1-3-7-13/h1-10,12H,11H2/b8-5+. The van der Waals surface area contributed by atoms with Crippen LogP contribution >= 0.6 is 23.4 Å². The van der Waals surface area contributed by atoms with Crippen molar-refractivity contribution in [3.8, 4) is 11.5 Å².